The van der Waals surface area contributed by atoms with Crippen LogP contribution in [0.1, 0.15) is 12.8 Å². The standard InChI is InChI=1S/C7H14IN/c1-9-4-2-3-7(5-8)6-9/h7H,2-6H2,1H3. The van der Waals surface area contributed by atoms with Crippen LogP contribution in [-0.4, -0.2) is 29.5 Å². The molecule has 54 valence electrons. The van der Waals surface area contributed by atoms with Crippen molar-refractivity contribution in [3.8, 4) is 0 Å². The second-order valence-electron chi connectivity index (χ2n) is 2.92. The number of alkyl halides is 1. The normalized spacial score (nSPS) is 30.7. The van der Waals surface area contributed by atoms with Crippen molar-refractivity contribution in [2.45, 2.75) is 12.8 Å². The number of likely N-dealkylation sites (tertiary alicyclic amines) is 1. The SMILES string of the molecule is CN1CCCC(CI)C1. The van der Waals surface area contributed by atoms with E-state index in [-0.39, 0.29) is 0 Å². The first-order valence-corrected chi connectivity index (χ1v) is 5.10. The van der Waals surface area contributed by atoms with Crippen LogP contribution in [0.5, 0.6) is 0 Å². The van der Waals surface area contributed by atoms with Gasteiger partial charge in [-0.1, -0.05) is 22.6 Å². The van der Waals surface area contributed by atoms with Gasteiger partial charge in [0.05, 0.1) is 0 Å². The van der Waals surface area contributed by atoms with E-state index in [2.05, 4.69) is 34.5 Å². The average molecular weight is 239 g/mol. The molecule has 9 heavy (non-hydrogen) atoms. The molecule has 1 aliphatic rings. The smallest absolute Gasteiger partial charge is 0.00359 e. The predicted octanol–water partition coefficient (Wildman–Crippen LogP) is 1.76. The molecule has 0 radical (unpaired) electrons. The lowest BCUT2D eigenvalue weighted by Gasteiger charge is -2.28. The van der Waals surface area contributed by atoms with Crippen LogP contribution in [0.4, 0.5) is 0 Å². The van der Waals surface area contributed by atoms with E-state index in [0.29, 0.717) is 0 Å². The highest BCUT2D eigenvalue weighted by atomic mass is 127. The molecular formula is C7H14IN. The molecule has 2 heteroatoms. The van der Waals surface area contributed by atoms with Gasteiger partial charge in [0.2, 0.25) is 0 Å². The van der Waals surface area contributed by atoms with Gasteiger partial charge in [-0.3, -0.25) is 0 Å². The summed E-state index contributed by atoms with van der Waals surface area (Å²) in [6.45, 7) is 2.64. The molecule has 0 aliphatic carbocycles. The van der Waals surface area contributed by atoms with Gasteiger partial charge in [-0.2, -0.15) is 0 Å². The maximum Gasteiger partial charge on any atom is 0.00359 e. The van der Waals surface area contributed by atoms with Crippen molar-refractivity contribution >= 4 is 22.6 Å². The number of hydrogen-bond donors (Lipinski definition) is 0. The Hall–Kier alpha value is 0.690. The summed E-state index contributed by atoms with van der Waals surface area (Å²) in [7, 11) is 2.22. The molecule has 0 N–H and O–H groups in total. The van der Waals surface area contributed by atoms with E-state index in [1.54, 1.807) is 0 Å². The number of nitrogens with zero attached hydrogens (tertiary/aromatic N) is 1. The van der Waals surface area contributed by atoms with Crippen LogP contribution >= 0.6 is 22.6 Å². The Balaban J connectivity index is 2.23. The van der Waals surface area contributed by atoms with Crippen molar-refractivity contribution < 1.29 is 0 Å². The monoisotopic (exact) mass is 239 g/mol. The van der Waals surface area contributed by atoms with Gasteiger partial charge in [0.15, 0.2) is 0 Å². The molecule has 0 aromatic carbocycles. The minimum atomic E-state index is 0.976. The van der Waals surface area contributed by atoms with Crippen molar-refractivity contribution in [3.63, 3.8) is 0 Å². The number of rotatable bonds is 1. The van der Waals surface area contributed by atoms with Crippen molar-refractivity contribution in [3.05, 3.63) is 0 Å². The summed E-state index contributed by atoms with van der Waals surface area (Å²) in [5.74, 6) is 0.976. The van der Waals surface area contributed by atoms with Crippen molar-refractivity contribution in [1.82, 2.24) is 4.90 Å². The fourth-order valence-corrected chi connectivity index (χ4v) is 2.12. The zero-order valence-corrected chi connectivity index (χ0v) is 8.10. The highest BCUT2D eigenvalue weighted by Gasteiger charge is 2.14. The van der Waals surface area contributed by atoms with E-state index in [1.807, 2.05) is 0 Å². The van der Waals surface area contributed by atoms with Gasteiger partial charge < -0.3 is 4.90 Å². The highest BCUT2D eigenvalue weighted by molar-refractivity contribution is 14.1. The molecule has 0 amide bonds. The Bertz CT molecular complexity index is 85.0. The van der Waals surface area contributed by atoms with Crippen LogP contribution in [0, 0.1) is 5.92 Å². The van der Waals surface area contributed by atoms with Gasteiger partial charge >= 0.3 is 0 Å². The summed E-state index contributed by atoms with van der Waals surface area (Å²) < 4.78 is 1.34. The molecule has 0 aromatic heterocycles. The second kappa shape index (κ2) is 3.76. The Labute approximate surface area is 70.9 Å². The number of piperidine rings is 1. The molecule has 1 fully saturated rings. The van der Waals surface area contributed by atoms with Gasteiger partial charge in [-0.15, -0.1) is 0 Å². The second-order valence-corrected chi connectivity index (χ2v) is 3.81. The largest absolute Gasteiger partial charge is 0.306 e. The highest BCUT2D eigenvalue weighted by Crippen LogP contribution is 2.16. The first-order chi connectivity index (χ1) is 4.33. The first kappa shape index (κ1) is 7.79. The zero-order valence-electron chi connectivity index (χ0n) is 5.94. The quantitative estimate of drug-likeness (QED) is 0.498. The van der Waals surface area contributed by atoms with Crippen LogP contribution in [0.25, 0.3) is 0 Å². The number of hydrogen-bond acceptors (Lipinski definition) is 1. The Morgan fingerprint density at radius 2 is 2.44 bits per heavy atom. The molecule has 0 aromatic rings. The third-order valence-corrected chi connectivity index (χ3v) is 3.19. The molecule has 1 saturated heterocycles. The molecule has 0 spiro atoms. The molecular weight excluding hydrogens is 225 g/mol. The Kier molecular flexibility index (Phi) is 3.26. The molecule has 1 rings (SSSR count). The summed E-state index contributed by atoms with van der Waals surface area (Å²) in [5.41, 5.74) is 0. The molecule has 1 unspecified atom stereocenters. The minimum absolute atomic E-state index is 0.976. The van der Waals surface area contributed by atoms with E-state index < -0.39 is 0 Å². The lowest BCUT2D eigenvalue weighted by atomic mass is 10.0. The van der Waals surface area contributed by atoms with Crippen LogP contribution in [0.15, 0.2) is 0 Å². The third kappa shape index (κ3) is 2.42. The van der Waals surface area contributed by atoms with Gasteiger partial charge in [0, 0.05) is 11.0 Å². The van der Waals surface area contributed by atoms with E-state index in [0.717, 1.165) is 5.92 Å². The molecule has 1 heterocycles. The summed E-state index contributed by atoms with van der Waals surface area (Å²) in [5, 5.41) is 0. The zero-order chi connectivity index (χ0) is 6.69. The molecule has 1 aliphatic heterocycles. The van der Waals surface area contributed by atoms with Crippen molar-refractivity contribution in [2.75, 3.05) is 24.6 Å². The van der Waals surface area contributed by atoms with E-state index in [9.17, 15) is 0 Å². The molecule has 1 atom stereocenters. The lowest BCUT2D eigenvalue weighted by Crippen LogP contribution is -2.32. The summed E-state index contributed by atoms with van der Waals surface area (Å²) in [6, 6.07) is 0. The molecule has 0 saturated carbocycles. The van der Waals surface area contributed by atoms with E-state index in [1.165, 1.54) is 30.4 Å². The molecule has 1 nitrogen and oxygen atoms in total. The Morgan fingerprint density at radius 3 is 2.89 bits per heavy atom. The average Bonchev–Trinajstić information content (AvgIpc) is 1.88. The first-order valence-electron chi connectivity index (χ1n) is 3.57. The fraction of sp³-hybridized carbons (Fsp3) is 1.00. The maximum absolute atomic E-state index is 2.49. The summed E-state index contributed by atoms with van der Waals surface area (Å²) >= 11 is 2.49. The van der Waals surface area contributed by atoms with Crippen LogP contribution in [-0.2, 0) is 0 Å². The van der Waals surface area contributed by atoms with Crippen LogP contribution < -0.4 is 0 Å². The molecule has 0 bridgehead atoms. The summed E-state index contributed by atoms with van der Waals surface area (Å²) in [6.07, 6.45) is 2.86. The lowest BCUT2D eigenvalue weighted by molar-refractivity contribution is 0.226. The predicted molar refractivity (Wildman–Crippen MR) is 49.1 cm³/mol. The maximum atomic E-state index is 2.49. The van der Waals surface area contributed by atoms with Gasteiger partial charge in [-0.05, 0) is 32.4 Å². The van der Waals surface area contributed by atoms with Gasteiger partial charge in [0.1, 0.15) is 0 Å². The van der Waals surface area contributed by atoms with E-state index >= 15 is 0 Å². The van der Waals surface area contributed by atoms with Gasteiger partial charge in [0.25, 0.3) is 0 Å². The van der Waals surface area contributed by atoms with Gasteiger partial charge in [-0.25, -0.2) is 0 Å². The van der Waals surface area contributed by atoms with E-state index in [4.69, 9.17) is 0 Å². The minimum Gasteiger partial charge on any atom is -0.306 e. The van der Waals surface area contributed by atoms with Crippen LogP contribution in [0.2, 0.25) is 0 Å². The van der Waals surface area contributed by atoms with Crippen molar-refractivity contribution in [1.29, 1.82) is 0 Å². The van der Waals surface area contributed by atoms with Crippen LogP contribution in [0.3, 0.4) is 0 Å². The van der Waals surface area contributed by atoms with Crippen molar-refractivity contribution in [2.24, 2.45) is 5.92 Å². The Morgan fingerprint density at radius 1 is 1.67 bits per heavy atom. The number of halogens is 1. The fourth-order valence-electron chi connectivity index (χ4n) is 1.40. The third-order valence-electron chi connectivity index (χ3n) is 1.94. The summed E-state index contributed by atoms with van der Waals surface area (Å²) in [4.78, 5) is 2.44. The topological polar surface area (TPSA) is 3.24 Å².